The number of piperazine rings is 1. The van der Waals surface area contributed by atoms with Crippen molar-refractivity contribution in [3.05, 3.63) is 0 Å². The van der Waals surface area contributed by atoms with Crippen LogP contribution in [0.5, 0.6) is 0 Å². The fourth-order valence-electron chi connectivity index (χ4n) is 2.56. The minimum absolute atomic E-state index is 0.000453. The molecule has 21 heavy (non-hydrogen) atoms. The van der Waals surface area contributed by atoms with Crippen LogP contribution in [-0.2, 0) is 9.53 Å². The summed E-state index contributed by atoms with van der Waals surface area (Å²) in [6.45, 7) is 8.31. The number of hydrogen-bond acceptors (Lipinski definition) is 5. The smallest absolute Gasteiger partial charge is 0.254 e. The molecule has 1 aliphatic heterocycles. The van der Waals surface area contributed by atoms with Crippen LogP contribution in [0.15, 0.2) is 5.16 Å². The second-order valence-corrected chi connectivity index (χ2v) is 5.87. The first-order chi connectivity index (χ1) is 9.87. The average molecular weight is 300 g/mol. The summed E-state index contributed by atoms with van der Waals surface area (Å²) < 4.78 is 5.24. The first kappa shape index (κ1) is 17.7. The molecule has 0 aliphatic carbocycles. The zero-order chi connectivity index (χ0) is 16.0. The fraction of sp³-hybridized carbons (Fsp3) is 0.857. The number of nitrogens with two attached hydrogens (primary N) is 1. The van der Waals surface area contributed by atoms with Crippen molar-refractivity contribution in [1.29, 1.82) is 0 Å². The lowest BCUT2D eigenvalue weighted by molar-refractivity contribution is -0.152. The van der Waals surface area contributed by atoms with Crippen molar-refractivity contribution >= 4 is 11.7 Å². The van der Waals surface area contributed by atoms with E-state index in [2.05, 4.69) is 17.0 Å². The first-order valence-electron chi connectivity index (χ1n) is 7.43. The van der Waals surface area contributed by atoms with Crippen LogP contribution < -0.4 is 5.73 Å². The standard InChI is InChI=1S/C14H28N4O3/c1-5-6-11(12(15)16-20)17-7-9-18(10-8-17)13(19)14(2,3)21-4/h11,20H,5-10H2,1-4H3,(H2,15,16). The highest BCUT2D eigenvalue weighted by Gasteiger charge is 2.35. The molecule has 0 saturated carbocycles. The molecule has 1 fully saturated rings. The van der Waals surface area contributed by atoms with Crippen molar-refractivity contribution in [2.75, 3.05) is 33.3 Å². The number of rotatable bonds is 6. The molecule has 0 aromatic heterocycles. The summed E-state index contributed by atoms with van der Waals surface area (Å²) in [6, 6.07) is -0.0623. The topological polar surface area (TPSA) is 91.4 Å². The predicted molar refractivity (Wildman–Crippen MR) is 81.3 cm³/mol. The Morgan fingerprint density at radius 1 is 1.38 bits per heavy atom. The van der Waals surface area contributed by atoms with Gasteiger partial charge in [0.1, 0.15) is 5.60 Å². The van der Waals surface area contributed by atoms with Gasteiger partial charge in [-0.15, -0.1) is 0 Å². The normalized spacial score (nSPS) is 19.6. The molecule has 122 valence electrons. The number of nitrogens with zero attached hydrogens (tertiary/aromatic N) is 3. The van der Waals surface area contributed by atoms with Crippen molar-refractivity contribution in [3.63, 3.8) is 0 Å². The number of hydrogen-bond donors (Lipinski definition) is 2. The molecule has 1 saturated heterocycles. The van der Waals surface area contributed by atoms with Gasteiger partial charge in [-0.3, -0.25) is 9.69 Å². The second-order valence-electron chi connectivity index (χ2n) is 5.87. The second kappa shape index (κ2) is 7.61. The van der Waals surface area contributed by atoms with E-state index in [1.54, 1.807) is 21.0 Å². The zero-order valence-electron chi connectivity index (χ0n) is 13.5. The molecule has 3 N–H and O–H groups in total. The van der Waals surface area contributed by atoms with E-state index in [1.807, 2.05) is 4.90 Å². The maximum absolute atomic E-state index is 12.3. The van der Waals surface area contributed by atoms with E-state index >= 15 is 0 Å². The molecule has 0 aromatic rings. The lowest BCUT2D eigenvalue weighted by Crippen LogP contribution is -2.58. The van der Waals surface area contributed by atoms with Crippen molar-refractivity contribution in [3.8, 4) is 0 Å². The molecule has 0 bridgehead atoms. The van der Waals surface area contributed by atoms with Gasteiger partial charge in [-0.1, -0.05) is 18.5 Å². The number of amidine groups is 1. The van der Waals surface area contributed by atoms with Gasteiger partial charge in [-0.25, -0.2) is 0 Å². The molecule has 0 aromatic carbocycles. The van der Waals surface area contributed by atoms with Gasteiger partial charge in [0.15, 0.2) is 5.84 Å². The van der Waals surface area contributed by atoms with E-state index in [-0.39, 0.29) is 17.8 Å². The van der Waals surface area contributed by atoms with Gasteiger partial charge in [-0.05, 0) is 20.3 Å². The lowest BCUT2D eigenvalue weighted by atomic mass is 10.1. The highest BCUT2D eigenvalue weighted by molar-refractivity contribution is 5.86. The predicted octanol–water partition coefficient (Wildman–Crippen LogP) is 0.471. The maximum Gasteiger partial charge on any atom is 0.254 e. The highest BCUT2D eigenvalue weighted by Crippen LogP contribution is 2.16. The summed E-state index contributed by atoms with van der Waals surface area (Å²) >= 11 is 0. The quantitative estimate of drug-likeness (QED) is 0.322. The van der Waals surface area contributed by atoms with E-state index in [4.69, 9.17) is 15.7 Å². The summed E-state index contributed by atoms with van der Waals surface area (Å²) in [5.41, 5.74) is 4.98. The third-order valence-electron chi connectivity index (χ3n) is 4.09. The van der Waals surface area contributed by atoms with Crippen LogP contribution in [0.2, 0.25) is 0 Å². The SMILES string of the molecule is CCCC(C(N)=NO)N1CCN(C(=O)C(C)(C)OC)CC1. The number of ether oxygens (including phenoxy) is 1. The monoisotopic (exact) mass is 300 g/mol. The molecule has 1 unspecified atom stereocenters. The van der Waals surface area contributed by atoms with Gasteiger partial charge in [0, 0.05) is 33.3 Å². The first-order valence-corrected chi connectivity index (χ1v) is 7.43. The molecular formula is C14H28N4O3. The van der Waals surface area contributed by atoms with Gasteiger partial charge in [0.25, 0.3) is 5.91 Å². The summed E-state index contributed by atoms with van der Waals surface area (Å²) in [5, 5.41) is 12.0. The minimum Gasteiger partial charge on any atom is -0.409 e. The Kier molecular flexibility index (Phi) is 6.42. The van der Waals surface area contributed by atoms with Crippen molar-refractivity contribution in [2.45, 2.75) is 45.3 Å². The number of carbonyl (C=O) groups is 1. The van der Waals surface area contributed by atoms with Crippen LogP contribution in [0, 0.1) is 0 Å². The number of carbonyl (C=O) groups excluding carboxylic acids is 1. The average Bonchev–Trinajstić information content (AvgIpc) is 2.51. The third-order valence-corrected chi connectivity index (χ3v) is 4.09. The van der Waals surface area contributed by atoms with Gasteiger partial charge < -0.3 is 20.6 Å². The van der Waals surface area contributed by atoms with E-state index in [0.29, 0.717) is 26.2 Å². The molecular weight excluding hydrogens is 272 g/mol. The van der Waals surface area contributed by atoms with Crippen molar-refractivity contribution in [1.82, 2.24) is 9.80 Å². The molecule has 0 spiro atoms. The highest BCUT2D eigenvalue weighted by atomic mass is 16.5. The maximum atomic E-state index is 12.3. The lowest BCUT2D eigenvalue weighted by Gasteiger charge is -2.40. The Hall–Kier alpha value is -1.34. The molecule has 1 heterocycles. The Balaban J connectivity index is 2.64. The minimum atomic E-state index is -0.795. The number of oxime groups is 1. The van der Waals surface area contributed by atoms with Gasteiger partial charge in [0.2, 0.25) is 0 Å². The van der Waals surface area contributed by atoms with Gasteiger partial charge in [0.05, 0.1) is 6.04 Å². The van der Waals surface area contributed by atoms with E-state index in [9.17, 15) is 4.79 Å². The summed E-state index contributed by atoms with van der Waals surface area (Å²) in [7, 11) is 1.55. The molecule has 1 amide bonds. The molecule has 7 nitrogen and oxygen atoms in total. The Morgan fingerprint density at radius 3 is 2.38 bits per heavy atom. The van der Waals surface area contributed by atoms with Crippen LogP contribution in [-0.4, -0.2) is 71.7 Å². The van der Waals surface area contributed by atoms with E-state index in [0.717, 1.165) is 12.8 Å². The molecule has 7 heteroatoms. The van der Waals surface area contributed by atoms with Crippen LogP contribution >= 0.6 is 0 Å². The van der Waals surface area contributed by atoms with Crippen LogP contribution in [0.25, 0.3) is 0 Å². The number of amides is 1. The Morgan fingerprint density at radius 2 is 1.95 bits per heavy atom. The number of methoxy groups -OCH3 is 1. The molecule has 1 rings (SSSR count). The fourth-order valence-corrected chi connectivity index (χ4v) is 2.56. The summed E-state index contributed by atoms with van der Waals surface area (Å²) in [6.07, 6.45) is 1.80. The van der Waals surface area contributed by atoms with Crippen molar-refractivity contribution in [2.24, 2.45) is 10.9 Å². The molecule has 1 aliphatic rings. The molecule has 0 radical (unpaired) electrons. The van der Waals surface area contributed by atoms with Crippen LogP contribution in [0.1, 0.15) is 33.6 Å². The Bertz CT molecular complexity index is 376. The Labute approximate surface area is 126 Å². The van der Waals surface area contributed by atoms with Gasteiger partial charge in [-0.2, -0.15) is 0 Å². The largest absolute Gasteiger partial charge is 0.409 e. The molecule has 1 atom stereocenters. The zero-order valence-corrected chi connectivity index (χ0v) is 13.5. The third kappa shape index (κ3) is 4.31. The van der Waals surface area contributed by atoms with Crippen LogP contribution in [0.3, 0.4) is 0 Å². The van der Waals surface area contributed by atoms with Gasteiger partial charge >= 0.3 is 0 Å². The summed E-state index contributed by atoms with van der Waals surface area (Å²) in [5.74, 6) is 0.245. The summed E-state index contributed by atoms with van der Waals surface area (Å²) in [4.78, 5) is 16.3. The van der Waals surface area contributed by atoms with E-state index < -0.39 is 5.60 Å². The van der Waals surface area contributed by atoms with Crippen LogP contribution in [0.4, 0.5) is 0 Å². The van der Waals surface area contributed by atoms with Crippen molar-refractivity contribution < 1.29 is 14.7 Å². The van der Waals surface area contributed by atoms with E-state index in [1.165, 1.54) is 0 Å².